The van der Waals surface area contributed by atoms with Crippen LogP contribution in [-0.2, 0) is 9.53 Å². The van der Waals surface area contributed by atoms with E-state index in [1.807, 2.05) is 0 Å². The van der Waals surface area contributed by atoms with Crippen LogP contribution in [0.1, 0.15) is 29.8 Å². The molecule has 0 bridgehead atoms. The van der Waals surface area contributed by atoms with Gasteiger partial charge >= 0.3 is 5.97 Å². The van der Waals surface area contributed by atoms with E-state index in [0.717, 1.165) is 11.8 Å². The fourth-order valence-corrected chi connectivity index (χ4v) is 4.56. The van der Waals surface area contributed by atoms with Crippen molar-refractivity contribution in [2.75, 3.05) is 13.2 Å². The van der Waals surface area contributed by atoms with Gasteiger partial charge in [-0.1, -0.05) is 35.5 Å². The molecule has 2 N–H and O–H groups in total. The smallest absolute Gasteiger partial charge is 0.344 e. The molecule has 0 spiro atoms. The van der Waals surface area contributed by atoms with Crippen LogP contribution in [-0.4, -0.2) is 40.3 Å². The van der Waals surface area contributed by atoms with Crippen LogP contribution in [0.2, 0.25) is 5.02 Å². The fraction of sp³-hybridized carbons (Fsp3) is 0.174. The number of thioether (sulfide) groups is 1. The minimum Gasteiger partial charge on any atom is -0.506 e. The minimum atomic E-state index is -0.807. The first-order valence-corrected chi connectivity index (χ1v) is 11.8. The van der Waals surface area contributed by atoms with Gasteiger partial charge in [-0.15, -0.1) is 0 Å². The Balaban J connectivity index is 2.06. The Morgan fingerprint density at radius 3 is 2.58 bits per heavy atom. The summed E-state index contributed by atoms with van der Waals surface area (Å²) in [4.78, 5) is 29.5. The fourth-order valence-electron chi connectivity index (χ4n) is 2.87. The van der Waals surface area contributed by atoms with Gasteiger partial charge < -0.3 is 19.7 Å². The highest BCUT2D eigenvalue weighted by Crippen LogP contribution is 2.41. The Kier molecular flexibility index (Phi) is 8.23. The van der Waals surface area contributed by atoms with E-state index in [0.29, 0.717) is 16.6 Å². The number of phenols is 1. The Bertz CT molecular complexity index is 1210. The molecule has 0 fully saturated rings. The molecule has 0 atom stereocenters. The second kappa shape index (κ2) is 10.9. The number of halogens is 2. The molecule has 1 aliphatic rings. The van der Waals surface area contributed by atoms with E-state index in [1.165, 1.54) is 6.07 Å². The predicted octanol–water partition coefficient (Wildman–Crippen LogP) is 5.91. The van der Waals surface area contributed by atoms with Crippen LogP contribution in [0.5, 0.6) is 11.5 Å². The normalized spacial score (nSPS) is 15.9. The first-order chi connectivity index (χ1) is 15.8. The maximum absolute atomic E-state index is 12.7. The maximum atomic E-state index is 12.7. The van der Waals surface area contributed by atoms with Gasteiger partial charge in [0.2, 0.25) is 0 Å². The third-order valence-corrected chi connectivity index (χ3v) is 6.28. The number of nitrogens with zero attached hydrogens (tertiary/aromatic N) is 1. The van der Waals surface area contributed by atoms with E-state index in [9.17, 15) is 19.8 Å². The standard InChI is InChI=1S/C23H19BrClNO6S/c1-3-31-16-10-12(9-14(24)19(16)27)11-17-20(28)18(23(30)32-4-2)22(33-17)26-21(29)13-7-5-6-8-15(13)25/h5-11,27-28H,3-4H2,1-2H3/b17-11-,26-22?. The third-order valence-electron chi connectivity index (χ3n) is 4.33. The van der Waals surface area contributed by atoms with Gasteiger partial charge in [-0.2, -0.15) is 0 Å². The lowest BCUT2D eigenvalue weighted by Gasteiger charge is -2.09. The van der Waals surface area contributed by atoms with Crippen molar-refractivity contribution in [1.29, 1.82) is 0 Å². The van der Waals surface area contributed by atoms with E-state index >= 15 is 0 Å². The molecule has 1 amide bonds. The van der Waals surface area contributed by atoms with Crippen molar-refractivity contribution in [3.63, 3.8) is 0 Å². The summed E-state index contributed by atoms with van der Waals surface area (Å²) < 4.78 is 10.9. The number of esters is 1. The van der Waals surface area contributed by atoms with Crippen LogP contribution >= 0.6 is 39.3 Å². The molecule has 0 saturated carbocycles. The number of aliphatic hydroxyl groups is 1. The number of hydrogen-bond donors (Lipinski definition) is 2. The van der Waals surface area contributed by atoms with E-state index in [1.54, 1.807) is 50.3 Å². The first-order valence-electron chi connectivity index (χ1n) is 9.80. The molecular formula is C23H19BrClNO6S. The summed E-state index contributed by atoms with van der Waals surface area (Å²) >= 11 is 10.3. The molecule has 2 aromatic rings. The number of phenolic OH excluding ortho intramolecular Hbond substituents is 1. The van der Waals surface area contributed by atoms with Crippen molar-refractivity contribution in [1.82, 2.24) is 0 Å². The lowest BCUT2D eigenvalue weighted by Crippen LogP contribution is -2.14. The molecule has 10 heteroatoms. The van der Waals surface area contributed by atoms with E-state index in [2.05, 4.69) is 20.9 Å². The summed E-state index contributed by atoms with van der Waals surface area (Å²) in [6, 6.07) is 9.59. The summed E-state index contributed by atoms with van der Waals surface area (Å²) in [5, 5.41) is 21.1. The number of carbonyl (C=O) groups is 2. The number of ether oxygens (including phenoxy) is 2. The summed E-state index contributed by atoms with van der Waals surface area (Å²) in [5.41, 5.74) is 0.520. The molecular weight excluding hydrogens is 534 g/mol. The van der Waals surface area contributed by atoms with E-state index < -0.39 is 11.9 Å². The summed E-state index contributed by atoms with van der Waals surface area (Å²) in [6.45, 7) is 3.83. The number of aliphatic hydroxyl groups excluding tert-OH is 1. The highest BCUT2D eigenvalue weighted by molar-refractivity contribution is 9.10. The van der Waals surface area contributed by atoms with Crippen molar-refractivity contribution < 1.29 is 29.3 Å². The summed E-state index contributed by atoms with van der Waals surface area (Å²) in [6.07, 6.45) is 1.58. The van der Waals surface area contributed by atoms with Gasteiger partial charge in [0, 0.05) is 0 Å². The molecule has 1 aliphatic heterocycles. The molecule has 33 heavy (non-hydrogen) atoms. The Morgan fingerprint density at radius 2 is 1.91 bits per heavy atom. The van der Waals surface area contributed by atoms with Crippen LogP contribution in [0.25, 0.3) is 6.08 Å². The van der Waals surface area contributed by atoms with Crippen molar-refractivity contribution in [3.05, 3.63) is 73.3 Å². The highest BCUT2D eigenvalue weighted by atomic mass is 79.9. The molecule has 0 unspecified atom stereocenters. The van der Waals surface area contributed by atoms with Crippen molar-refractivity contribution >= 4 is 62.3 Å². The lowest BCUT2D eigenvalue weighted by molar-refractivity contribution is -0.138. The molecule has 7 nitrogen and oxygen atoms in total. The van der Waals surface area contributed by atoms with Crippen LogP contribution < -0.4 is 4.74 Å². The maximum Gasteiger partial charge on any atom is 0.344 e. The summed E-state index contributed by atoms with van der Waals surface area (Å²) in [7, 11) is 0. The minimum absolute atomic E-state index is 0.00926. The van der Waals surface area contributed by atoms with Crippen LogP contribution in [0.4, 0.5) is 0 Å². The third kappa shape index (κ3) is 5.61. The Labute approximate surface area is 207 Å². The molecule has 0 aromatic heterocycles. The monoisotopic (exact) mass is 551 g/mol. The number of carbonyl (C=O) groups excluding carboxylic acids is 2. The average Bonchev–Trinajstić information content (AvgIpc) is 3.06. The van der Waals surface area contributed by atoms with Crippen LogP contribution in [0, 0.1) is 0 Å². The van der Waals surface area contributed by atoms with Crippen molar-refractivity contribution in [2.24, 2.45) is 4.99 Å². The molecule has 1 heterocycles. The van der Waals surface area contributed by atoms with E-state index in [-0.39, 0.29) is 50.0 Å². The molecule has 2 aromatic carbocycles. The quantitative estimate of drug-likeness (QED) is 0.429. The van der Waals surface area contributed by atoms with Crippen LogP contribution in [0.3, 0.4) is 0 Å². The van der Waals surface area contributed by atoms with Gasteiger partial charge in [0.1, 0.15) is 16.4 Å². The lowest BCUT2D eigenvalue weighted by atomic mass is 10.1. The number of rotatable bonds is 6. The first kappa shape index (κ1) is 24.9. The van der Waals surface area contributed by atoms with E-state index in [4.69, 9.17) is 21.1 Å². The van der Waals surface area contributed by atoms with Crippen molar-refractivity contribution in [2.45, 2.75) is 13.8 Å². The zero-order valence-electron chi connectivity index (χ0n) is 17.6. The topological polar surface area (TPSA) is 105 Å². The Morgan fingerprint density at radius 1 is 1.18 bits per heavy atom. The summed E-state index contributed by atoms with van der Waals surface area (Å²) in [5.74, 6) is -1.65. The molecule has 0 radical (unpaired) electrons. The predicted molar refractivity (Wildman–Crippen MR) is 132 cm³/mol. The second-order valence-corrected chi connectivity index (χ2v) is 8.83. The Hall–Kier alpha value is -2.75. The number of aliphatic imine (C=N–C) groups is 1. The zero-order chi connectivity index (χ0) is 24.1. The van der Waals surface area contributed by atoms with Crippen molar-refractivity contribution in [3.8, 4) is 11.5 Å². The van der Waals surface area contributed by atoms with Gasteiger partial charge in [-0.3, -0.25) is 4.79 Å². The SMILES string of the molecule is CCOC(=O)C1=C(O)/C(=C/c2cc(Br)c(O)c(OCC)c2)SC1=NC(=O)c1ccccc1Cl. The number of aromatic hydroxyl groups is 1. The van der Waals surface area contributed by atoms with Gasteiger partial charge in [0.15, 0.2) is 11.5 Å². The van der Waals surface area contributed by atoms with Gasteiger partial charge in [0.05, 0.1) is 33.2 Å². The molecule has 0 saturated heterocycles. The number of hydrogen-bond acceptors (Lipinski definition) is 7. The number of amides is 1. The largest absolute Gasteiger partial charge is 0.506 e. The van der Waals surface area contributed by atoms with Crippen LogP contribution in [0.15, 0.2) is 62.1 Å². The van der Waals surface area contributed by atoms with Gasteiger partial charge in [-0.05, 0) is 65.7 Å². The van der Waals surface area contributed by atoms with Gasteiger partial charge in [0.25, 0.3) is 5.91 Å². The second-order valence-electron chi connectivity index (χ2n) is 6.54. The average molecular weight is 553 g/mol. The van der Waals surface area contributed by atoms with Gasteiger partial charge in [-0.25, -0.2) is 9.79 Å². The zero-order valence-corrected chi connectivity index (χ0v) is 20.8. The molecule has 172 valence electrons. The number of benzene rings is 2. The molecule has 3 rings (SSSR count). The highest BCUT2D eigenvalue weighted by Gasteiger charge is 2.34. The molecule has 0 aliphatic carbocycles.